The van der Waals surface area contributed by atoms with E-state index in [1.165, 1.54) is 0 Å². The Kier molecular flexibility index (Phi) is 4.50. The molecule has 2 rings (SSSR count). The molecule has 0 fully saturated rings. The maximum atomic E-state index is 11.7. The molecule has 2 aromatic rings. The molecule has 1 amide bonds. The van der Waals surface area contributed by atoms with E-state index in [4.69, 9.17) is 0 Å². The second-order valence-electron chi connectivity index (χ2n) is 4.24. The number of aromatic hydroxyl groups is 1. The standard InChI is InChI=1S/C15H16N2O2/c18-13-7-3-5-12(11-13)6-4-10-17-15(19)14-8-1-2-9-16-14/h1-3,5,7-9,11,18H,4,6,10H2,(H,17,19). The van der Waals surface area contributed by atoms with Gasteiger partial charge >= 0.3 is 0 Å². The molecule has 0 unspecified atom stereocenters. The normalized spacial score (nSPS) is 10.1. The molecule has 0 saturated heterocycles. The van der Waals surface area contributed by atoms with Crippen molar-refractivity contribution in [1.82, 2.24) is 10.3 Å². The first-order valence-corrected chi connectivity index (χ1v) is 6.23. The smallest absolute Gasteiger partial charge is 0.269 e. The number of nitrogens with one attached hydrogen (secondary N) is 1. The predicted octanol–water partition coefficient (Wildman–Crippen LogP) is 2.15. The summed E-state index contributed by atoms with van der Waals surface area (Å²) in [5.74, 6) is 0.117. The van der Waals surface area contributed by atoms with Crippen molar-refractivity contribution < 1.29 is 9.90 Å². The Hall–Kier alpha value is -2.36. The Labute approximate surface area is 112 Å². The van der Waals surface area contributed by atoms with E-state index >= 15 is 0 Å². The van der Waals surface area contributed by atoms with Crippen LogP contribution < -0.4 is 5.32 Å². The second-order valence-corrected chi connectivity index (χ2v) is 4.24. The first-order chi connectivity index (χ1) is 9.25. The van der Waals surface area contributed by atoms with E-state index in [1.807, 2.05) is 12.1 Å². The zero-order chi connectivity index (χ0) is 13.5. The predicted molar refractivity (Wildman–Crippen MR) is 73.0 cm³/mol. The number of carbonyl (C=O) groups is 1. The van der Waals surface area contributed by atoms with Crippen LogP contribution in [-0.4, -0.2) is 22.5 Å². The molecular weight excluding hydrogens is 240 g/mol. The van der Waals surface area contributed by atoms with Crippen molar-refractivity contribution in [2.45, 2.75) is 12.8 Å². The molecule has 4 heteroatoms. The Balaban J connectivity index is 1.74. The molecule has 0 bridgehead atoms. The molecule has 0 spiro atoms. The number of nitrogens with zero attached hydrogens (tertiary/aromatic N) is 1. The van der Waals surface area contributed by atoms with Crippen molar-refractivity contribution in [3.05, 3.63) is 59.9 Å². The molecule has 2 N–H and O–H groups in total. The summed E-state index contributed by atoms with van der Waals surface area (Å²) >= 11 is 0. The van der Waals surface area contributed by atoms with Crippen LogP contribution >= 0.6 is 0 Å². The molecule has 0 aliphatic heterocycles. The van der Waals surface area contributed by atoms with Crippen molar-refractivity contribution in [2.75, 3.05) is 6.54 Å². The first-order valence-electron chi connectivity index (χ1n) is 6.23. The molecular formula is C15H16N2O2. The van der Waals surface area contributed by atoms with Crippen LogP contribution in [0.4, 0.5) is 0 Å². The maximum Gasteiger partial charge on any atom is 0.269 e. The summed E-state index contributed by atoms with van der Waals surface area (Å²) in [6, 6.07) is 12.4. The summed E-state index contributed by atoms with van der Waals surface area (Å²) in [5.41, 5.74) is 1.49. The summed E-state index contributed by atoms with van der Waals surface area (Å²) in [6.45, 7) is 0.588. The van der Waals surface area contributed by atoms with Gasteiger partial charge < -0.3 is 10.4 Å². The molecule has 1 aromatic heterocycles. The van der Waals surface area contributed by atoms with Gasteiger partial charge in [0.05, 0.1) is 0 Å². The highest BCUT2D eigenvalue weighted by molar-refractivity contribution is 5.92. The van der Waals surface area contributed by atoms with E-state index in [0.717, 1.165) is 18.4 Å². The van der Waals surface area contributed by atoms with Crippen LogP contribution in [0.2, 0.25) is 0 Å². The van der Waals surface area contributed by atoms with Crippen molar-refractivity contribution in [3.8, 4) is 5.75 Å². The third-order valence-electron chi connectivity index (χ3n) is 2.74. The lowest BCUT2D eigenvalue weighted by Gasteiger charge is -2.05. The number of pyridine rings is 1. The number of phenols is 1. The highest BCUT2D eigenvalue weighted by Gasteiger charge is 2.04. The van der Waals surface area contributed by atoms with E-state index < -0.39 is 0 Å². The van der Waals surface area contributed by atoms with Gasteiger partial charge in [-0.15, -0.1) is 0 Å². The highest BCUT2D eigenvalue weighted by atomic mass is 16.3. The van der Waals surface area contributed by atoms with Gasteiger partial charge in [-0.3, -0.25) is 9.78 Å². The molecule has 98 valence electrons. The Morgan fingerprint density at radius 1 is 1.21 bits per heavy atom. The number of phenolic OH excluding ortho intramolecular Hbond substituents is 1. The van der Waals surface area contributed by atoms with Gasteiger partial charge in [-0.25, -0.2) is 0 Å². The average molecular weight is 256 g/mol. The molecule has 19 heavy (non-hydrogen) atoms. The molecule has 0 aliphatic rings. The number of amides is 1. The van der Waals surface area contributed by atoms with Gasteiger partial charge in [0.2, 0.25) is 0 Å². The van der Waals surface area contributed by atoms with Crippen molar-refractivity contribution in [3.63, 3.8) is 0 Å². The lowest BCUT2D eigenvalue weighted by Crippen LogP contribution is -2.25. The largest absolute Gasteiger partial charge is 0.508 e. The number of aromatic nitrogens is 1. The van der Waals surface area contributed by atoms with E-state index in [1.54, 1.807) is 36.5 Å². The topological polar surface area (TPSA) is 62.2 Å². The molecule has 1 aromatic carbocycles. The monoisotopic (exact) mass is 256 g/mol. The Morgan fingerprint density at radius 2 is 2.11 bits per heavy atom. The van der Waals surface area contributed by atoms with Crippen LogP contribution in [0.15, 0.2) is 48.7 Å². The average Bonchev–Trinajstić information content (AvgIpc) is 2.44. The van der Waals surface area contributed by atoms with Gasteiger partial charge in [0.25, 0.3) is 5.91 Å². The maximum absolute atomic E-state index is 11.7. The van der Waals surface area contributed by atoms with Crippen LogP contribution in [0.25, 0.3) is 0 Å². The zero-order valence-electron chi connectivity index (χ0n) is 10.5. The minimum Gasteiger partial charge on any atom is -0.508 e. The summed E-state index contributed by atoms with van der Waals surface area (Å²) in [5, 5.41) is 12.1. The van der Waals surface area contributed by atoms with E-state index in [-0.39, 0.29) is 11.7 Å². The first kappa shape index (κ1) is 13.1. The summed E-state index contributed by atoms with van der Waals surface area (Å²) in [4.78, 5) is 15.7. The number of hydrogen-bond acceptors (Lipinski definition) is 3. The van der Waals surface area contributed by atoms with Gasteiger partial charge in [-0.2, -0.15) is 0 Å². The minimum atomic E-state index is -0.156. The van der Waals surface area contributed by atoms with Crippen LogP contribution in [0.5, 0.6) is 5.75 Å². The van der Waals surface area contributed by atoms with Crippen molar-refractivity contribution in [1.29, 1.82) is 0 Å². The third-order valence-corrected chi connectivity index (χ3v) is 2.74. The second kappa shape index (κ2) is 6.54. The number of carbonyl (C=O) groups excluding carboxylic acids is 1. The number of hydrogen-bond donors (Lipinski definition) is 2. The molecule has 4 nitrogen and oxygen atoms in total. The minimum absolute atomic E-state index is 0.156. The van der Waals surface area contributed by atoms with Crippen molar-refractivity contribution in [2.24, 2.45) is 0 Å². The SMILES string of the molecule is O=C(NCCCc1cccc(O)c1)c1ccccn1. The van der Waals surface area contributed by atoms with Gasteiger partial charge in [-0.1, -0.05) is 18.2 Å². The van der Waals surface area contributed by atoms with Crippen LogP contribution in [0, 0.1) is 0 Å². The lowest BCUT2D eigenvalue weighted by atomic mass is 10.1. The molecule has 0 atom stereocenters. The fraction of sp³-hybridized carbons (Fsp3) is 0.200. The molecule has 0 radical (unpaired) electrons. The molecule has 0 aliphatic carbocycles. The van der Waals surface area contributed by atoms with Crippen LogP contribution in [-0.2, 0) is 6.42 Å². The lowest BCUT2D eigenvalue weighted by molar-refractivity contribution is 0.0948. The molecule has 1 heterocycles. The van der Waals surface area contributed by atoms with E-state index in [2.05, 4.69) is 10.3 Å². The summed E-state index contributed by atoms with van der Waals surface area (Å²) in [6.07, 6.45) is 3.24. The van der Waals surface area contributed by atoms with Gasteiger partial charge in [0.1, 0.15) is 11.4 Å². The van der Waals surface area contributed by atoms with Gasteiger partial charge in [0.15, 0.2) is 0 Å². The summed E-state index contributed by atoms with van der Waals surface area (Å²) in [7, 11) is 0. The zero-order valence-corrected chi connectivity index (χ0v) is 10.5. The Bertz CT molecular complexity index is 541. The number of benzene rings is 1. The van der Waals surface area contributed by atoms with Crippen LogP contribution in [0.1, 0.15) is 22.5 Å². The molecule has 0 saturated carbocycles. The van der Waals surface area contributed by atoms with Gasteiger partial charge in [-0.05, 0) is 42.7 Å². The van der Waals surface area contributed by atoms with Crippen molar-refractivity contribution >= 4 is 5.91 Å². The van der Waals surface area contributed by atoms with E-state index in [9.17, 15) is 9.90 Å². The van der Waals surface area contributed by atoms with Crippen LogP contribution in [0.3, 0.4) is 0 Å². The fourth-order valence-corrected chi connectivity index (χ4v) is 1.79. The van der Waals surface area contributed by atoms with E-state index in [0.29, 0.717) is 12.2 Å². The highest BCUT2D eigenvalue weighted by Crippen LogP contribution is 2.12. The fourth-order valence-electron chi connectivity index (χ4n) is 1.79. The summed E-state index contributed by atoms with van der Waals surface area (Å²) < 4.78 is 0. The Morgan fingerprint density at radius 3 is 2.84 bits per heavy atom. The van der Waals surface area contributed by atoms with Gasteiger partial charge in [0, 0.05) is 12.7 Å². The third kappa shape index (κ3) is 4.10. The number of rotatable bonds is 5. The number of aryl methyl sites for hydroxylation is 1. The quantitative estimate of drug-likeness (QED) is 0.806.